The van der Waals surface area contributed by atoms with Gasteiger partial charge in [0, 0.05) is 28.8 Å². The summed E-state index contributed by atoms with van der Waals surface area (Å²) in [4.78, 5) is 14.2. The molecule has 1 aliphatic rings. The number of carbonyl (C=O) groups excluding carboxylic acids is 1. The maximum atomic E-state index is 11.8. The Hall–Kier alpha value is -1.29. The number of carbonyl (C=O) groups is 1. The summed E-state index contributed by atoms with van der Waals surface area (Å²) < 4.78 is 5.90. The van der Waals surface area contributed by atoms with Crippen LogP contribution < -0.4 is 4.90 Å². The molecule has 1 aromatic rings. The Labute approximate surface area is 128 Å². The van der Waals surface area contributed by atoms with Gasteiger partial charge in [-0.3, -0.25) is 0 Å². The molecule has 0 unspecified atom stereocenters. The fraction of sp³-hybridized carbons (Fsp3) is 0.438. The van der Waals surface area contributed by atoms with Crippen molar-refractivity contribution in [2.24, 2.45) is 0 Å². The van der Waals surface area contributed by atoms with Crippen LogP contribution in [0.2, 0.25) is 0 Å². The SMILES string of the molecule is CCCN1CCCC(C(=O)OC)=Cc2cc(Br)ccc21. The molecule has 1 aliphatic heterocycles. The van der Waals surface area contributed by atoms with Gasteiger partial charge < -0.3 is 9.64 Å². The van der Waals surface area contributed by atoms with E-state index < -0.39 is 0 Å². The second-order valence-corrected chi connectivity index (χ2v) is 5.87. The largest absolute Gasteiger partial charge is 0.466 e. The Bertz CT molecular complexity index is 525. The lowest BCUT2D eigenvalue weighted by atomic mass is 10.0. The monoisotopic (exact) mass is 337 g/mol. The summed E-state index contributed by atoms with van der Waals surface area (Å²) in [5.74, 6) is -0.222. The molecule has 0 bridgehead atoms. The zero-order valence-electron chi connectivity index (χ0n) is 12.0. The zero-order chi connectivity index (χ0) is 14.5. The minimum Gasteiger partial charge on any atom is -0.466 e. The molecule has 1 heterocycles. The van der Waals surface area contributed by atoms with Crippen molar-refractivity contribution >= 4 is 33.7 Å². The molecule has 0 saturated carbocycles. The van der Waals surface area contributed by atoms with Gasteiger partial charge in [-0.05, 0) is 49.1 Å². The number of rotatable bonds is 3. The first-order valence-corrected chi connectivity index (χ1v) is 7.78. The van der Waals surface area contributed by atoms with Gasteiger partial charge in [0.15, 0.2) is 0 Å². The molecule has 20 heavy (non-hydrogen) atoms. The average molecular weight is 338 g/mol. The molecule has 3 nitrogen and oxygen atoms in total. The molecule has 4 heteroatoms. The Kier molecular flexibility index (Phi) is 5.24. The molecule has 1 aromatic carbocycles. The van der Waals surface area contributed by atoms with Gasteiger partial charge in [0.1, 0.15) is 0 Å². The van der Waals surface area contributed by atoms with Crippen molar-refractivity contribution in [3.63, 3.8) is 0 Å². The number of hydrogen-bond donors (Lipinski definition) is 0. The summed E-state index contributed by atoms with van der Waals surface area (Å²) in [6.45, 7) is 4.19. The third kappa shape index (κ3) is 3.42. The molecule has 0 amide bonds. The van der Waals surface area contributed by atoms with Crippen molar-refractivity contribution in [3.8, 4) is 0 Å². The third-order valence-corrected chi connectivity index (χ3v) is 3.97. The molecule has 0 fully saturated rings. The quantitative estimate of drug-likeness (QED) is 0.780. The normalized spacial score (nSPS) is 14.9. The molecule has 0 radical (unpaired) electrons. The molecule has 0 saturated heterocycles. The highest BCUT2D eigenvalue weighted by Gasteiger charge is 2.17. The average Bonchev–Trinajstić information content (AvgIpc) is 2.42. The molecule has 0 spiro atoms. The van der Waals surface area contributed by atoms with Crippen LogP contribution in [0, 0.1) is 0 Å². The van der Waals surface area contributed by atoms with E-state index in [-0.39, 0.29) is 5.97 Å². The van der Waals surface area contributed by atoms with Gasteiger partial charge in [-0.2, -0.15) is 0 Å². The van der Waals surface area contributed by atoms with Gasteiger partial charge in [-0.25, -0.2) is 4.79 Å². The summed E-state index contributed by atoms with van der Waals surface area (Å²) in [6, 6.07) is 6.23. The van der Waals surface area contributed by atoms with E-state index in [2.05, 4.69) is 46.0 Å². The molecular formula is C16H20BrNO2. The van der Waals surface area contributed by atoms with E-state index >= 15 is 0 Å². The van der Waals surface area contributed by atoms with Crippen LogP contribution >= 0.6 is 15.9 Å². The summed E-state index contributed by atoms with van der Waals surface area (Å²) in [7, 11) is 1.44. The van der Waals surface area contributed by atoms with E-state index in [4.69, 9.17) is 4.74 Å². The van der Waals surface area contributed by atoms with Crippen molar-refractivity contribution in [1.82, 2.24) is 0 Å². The minimum atomic E-state index is -0.222. The third-order valence-electron chi connectivity index (χ3n) is 3.48. The Morgan fingerprint density at radius 1 is 1.45 bits per heavy atom. The van der Waals surface area contributed by atoms with Crippen LogP contribution in [0.15, 0.2) is 28.2 Å². The Balaban J connectivity index is 2.46. The first kappa shape index (κ1) is 15.1. The van der Waals surface area contributed by atoms with E-state index in [9.17, 15) is 4.79 Å². The van der Waals surface area contributed by atoms with Crippen molar-refractivity contribution in [1.29, 1.82) is 0 Å². The fourth-order valence-electron chi connectivity index (χ4n) is 2.56. The number of benzene rings is 1. The predicted molar refractivity (Wildman–Crippen MR) is 85.9 cm³/mol. The maximum Gasteiger partial charge on any atom is 0.333 e. The standard InChI is InChI=1S/C16H20BrNO2/c1-3-8-18-9-4-5-12(16(19)20-2)10-13-11-14(17)6-7-15(13)18/h6-7,10-11H,3-5,8-9H2,1-2H3. The molecule has 0 aliphatic carbocycles. The van der Waals surface area contributed by atoms with Gasteiger partial charge >= 0.3 is 5.97 Å². The Morgan fingerprint density at radius 3 is 2.95 bits per heavy atom. The smallest absolute Gasteiger partial charge is 0.333 e. The van der Waals surface area contributed by atoms with E-state index in [0.717, 1.165) is 48.0 Å². The number of hydrogen-bond acceptors (Lipinski definition) is 3. The number of esters is 1. The molecular weight excluding hydrogens is 318 g/mol. The highest BCUT2D eigenvalue weighted by Crippen LogP contribution is 2.30. The van der Waals surface area contributed by atoms with Crippen LogP contribution in [-0.2, 0) is 9.53 Å². The van der Waals surface area contributed by atoms with Crippen molar-refractivity contribution in [2.75, 3.05) is 25.1 Å². The summed E-state index contributed by atoms with van der Waals surface area (Å²) in [6.07, 6.45) is 4.81. The van der Waals surface area contributed by atoms with E-state index in [1.165, 1.54) is 12.8 Å². The van der Waals surface area contributed by atoms with Crippen LogP contribution in [-0.4, -0.2) is 26.2 Å². The number of fused-ring (bicyclic) bond motifs is 1. The molecule has 0 aromatic heterocycles. The van der Waals surface area contributed by atoms with Crippen LogP contribution in [0.1, 0.15) is 31.7 Å². The van der Waals surface area contributed by atoms with Gasteiger partial charge in [-0.1, -0.05) is 22.9 Å². The van der Waals surface area contributed by atoms with Gasteiger partial charge in [0.05, 0.1) is 7.11 Å². The van der Waals surface area contributed by atoms with E-state index in [1.807, 2.05) is 6.08 Å². The van der Waals surface area contributed by atoms with Gasteiger partial charge in [-0.15, -0.1) is 0 Å². The maximum absolute atomic E-state index is 11.8. The minimum absolute atomic E-state index is 0.222. The first-order valence-electron chi connectivity index (χ1n) is 6.99. The fourth-order valence-corrected chi connectivity index (χ4v) is 2.94. The van der Waals surface area contributed by atoms with E-state index in [1.54, 1.807) is 0 Å². The number of nitrogens with zero attached hydrogens (tertiary/aromatic N) is 1. The molecule has 0 atom stereocenters. The Morgan fingerprint density at radius 2 is 2.25 bits per heavy atom. The van der Waals surface area contributed by atoms with Crippen LogP contribution in [0.3, 0.4) is 0 Å². The number of ether oxygens (including phenoxy) is 1. The second kappa shape index (κ2) is 6.93. The summed E-state index contributed by atoms with van der Waals surface area (Å²) >= 11 is 3.50. The van der Waals surface area contributed by atoms with Crippen LogP contribution in [0.25, 0.3) is 6.08 Å². The number of methoxy groups -OCH3 is 1. The lowest BCUT2D eigenvalue weighted by Gasteiger charge is -2.28. The summed E-state index contributed by atoms with van der Waals surface area (Å²) in [5.41, 5.74) is 3.02. The van der Waals surface area contributed by atoms with Gasteiger partial charge in [0.25, 0.3) is 0 Å². The highest BCUT2D eigenvalue weighted by molar-refractivity contribution is 9.10. The second-order valence-electron chi connectivity index (χ2n) is 4.95. The molecule has 108 valence electrons. The number of anilines is 1. The lowest BCUT2D eigenvalue weighted by Crippen LogP contribution is -2.27. The predicted octanol–water partition coefficient (Wildman–Crippen LogP) is 4.02. The highest BCUT2D eigenvalue weighted by atomic mass is 79.9. The van der Waals surface area contributed by atoms with E-state index in [0.29, 0.717) is 0 Å². The van der Waals surface area contributed by atoms with Crippen LogP contribution in [0.5, 0.6) is 0 Å². The number of halogens is 1. The molecule has 2 rings (SSSR count). The molecule has 0 N–H and O–H groups in total. The topological polar surface area (TPSA) is 29.5 Å². The first-order chi connectivity index (χ1) is 9.65. The van der Waals surface area contributed by atoms with Crippen LogP contribution in [0.4, 0.5) is 5.69 Å². The van der Waals surface area contributed by atoms with Crippen molar-refractivity contribution < 1.29 is 9.53 Å². The zero-order valence-corrected chi connectivity index (χ0v) is 13.6. The van der Waals surface area contributed by atoms with Crippen molar-refractivity contribution in [3.05, 3.63) is 33.8 Å². The lowest BCUT2D eigenvalue weighted by molar-refractivity contribution is -0.136. The van der Waals surface area contributed by atoms with Crippen molar-refractivity contribution in [2.45, 2.75) is 26.2 Å². The summed E-state index contributed by atoms with van der Waals surface area (Å²) in [5, 5.41) is 0. The van der Waals surface area contributed by atoms with Gasteiger partial charge in [0.2, 0.25) is 0 Å².